The van der Waals surface area contributed by atoms with E-state index in [0.717, 1.165) is 24.3 Å². The van der Waals surface area contributed by atoms with Crippen molar-refractivity contribution in [1.82, 2.24) is 25.5 Å². The monoisotopic (exact) mass is 361 g/mol. The summed E-state index contributed by atoms with van der Waals surface area (Å²) >= 11 is 0. The van der Waals surface area contributed by atoms with Crippen LogP contribution in [0.5, 0.6) is 17.5 Å². The van der Waals surface area contributed by atoms with Gasteiger partial charge in [0.05, 0.1) is 12.8 Å². The maximum Gasteiger partial charge on any atom is 0.346 e. The van der Waals surface area contributed by atoms with Crippen molar-refractivity contribution in [2.75, 3.05) is 13.7 Å². The molecule has 1 N–H and O–H groups in total. The lowest BCUT2D eigenvalue weighted by molar-refractivity contribution is 0.362. The number of methoxy groups -OCH3 is 1. The molecular formula is C17H20ClN5O2. The highest BCUT2D eigenvalue weighted by atomic mass is 35.5. The Morgan fingerprint density at radius 2 is 1.88 bits per heavy atom. The molecule has 0 aliphatic carbocycles. The van der Waals surface area contributed by atoms with Crippen molar-refractivity contribution in [2.45, 2.75) is 13.5 Å². The molecule has 0 bridgehead atoms. The number of aromatic nitrogens is 4. The third kappa shape index (κ3) is 4.46. The largest absolute Gasteiger partial charge is 0.493 e. The van der Waals surface area contributed by atoms with Gasteiger partial charge in [-0.25, -0.2) is 0 Å². The summed E-state index contributed by atoms with van der Waals surface area (Å²) in [6.45, 7) is 3.75. The first-order valence-corrected chi connectivity index (χ1v) is 7.71. The minimum Gasteiger partial charge on any atom is -0.493 e. The first-order valence-electron chi connectivity index (χ1n) is 7.71. The lowest BCUT2D eigenvalue weighted by Gasteiger charge is -2.11. The Morgan fingerprint density at radius 1 is 1.08 bits per heavy atom. The van der Waals surface area contributed by atoms with Gasteiger partial charge in [0.2, 0.25) is 0 Å². The summed E-state index contributed by atoms with van der Waals surface area (Å²) in [5.74, 6) is 1.19. The molecular weight excluding hydrogens is 342 g/mol. The molecule has 0 unspecified atom stereocenters. The quantitative estimate of drug-likeness (QED) is 0.697. The second kappa shape index (κ2) is 9.00. The van der Waals surface area contributed by atoms with Gasteiger partial charge in [-0.15, -0.1) is 12.4 Å². The smallest absolute Gasteiger partial charge is 0.346 e. The third-order valence-electron chi connectivity index (χ3n) is 3.45. The normalized spacial score (nSPS) is 10.2. The van der Waals surface area contributed by atoms with Gasteiger partial charge < -0.3 is 14.8 Å². The molecule has 0 saturated carbocycles. The fourth-order valence-corrected chi connectivity index (χ4v) is 2.25. The zero-order valence-corrected chi connectivity index (χ0v) is 14.9. The lowest BCUT2D eigenvalue weighted by atomic mass is 10.2. The first kappa shape index (κ1) is 18.7. The van der Waals surface area contributed by atoms with Crippen molar-refractivity contribution in [1.29, 1.82) is 0 Å². The average Bonchev–Trinajstić information content (AvgIpc) is 3.09. The average molecular weight is 362 g/mol. The topological polar surface area (TPSA) is 74.1 Å². The summed E-state index contributed by atoms with van der Waals surface area (Å²) in [6, 6.07) is 15.6. The van der Waals surface area contributed by atoms with Crippen molar-refractivity contribution in [3.63, 3.8) is 0 Å². The highest BCUT2D eigenvalue weighted by molar-refractivity contribution is 5.85. The summed E-state index contributed by atoms with van der Waals surface area (Å²) in [6.07, 6.45) is 0. The van der Waals surface area contributed by atoms with E-state index >= 15 is 0 Å². The molecule has 1 heterocycles. The maximum atomic E-state index is 5.87. The van der Waals surface area contributed by atoms with Gasteiger partial charge in [-0.2, -0.15) is 4.68 Å². The molecule has 2 aromatic carbocycles. The fraction of sp³-hybridized carbons (Fsp3) is 0.235. The molecule has 0 aliphatic rings. The van der Waals surface area contributed by atoms with Gasteiger partial charge in [0.15, 0.2) is 11.5 Å². The van der Waals surface area contributed by atoms with Crippen LogP contribution in [0.3, 0.4) is 0 Å². The van der Waals surface area contributed by atoms with Gasteiger partial charge in [-0.1, -0.05) is 36.3 Å². The van der Waals surface area contributed by atoms with Crippen LogP contribution in [-0.2, 0) is 6.54 Å². The summed E-state index contributed by atoms with van der Waals surface area (Å²) in [5.41, 5.74) is 1.93. The van der Waals surface area contributed by atoms with Crippen LogP contribution in [0.2, 0.25) is 0 Å². The Labute approximate surface area is 152 Å². The lowest BCUT2D eigenvalue weighted by Crippen LogP contribution is -2.11. The molecule has 0 amide bonds. The second-order valence-electron chi connectivity index (χ2n) is 5.08. The van der Waals surface area contributed by atoms with E-state index < -0.39 is 0 Å². The number of rotatable bonds is 7. The van der Waals surface area contributed by atoms with Crippen molar-refractivity contribution in [2.24, 2.45) is 0 Å². The molecule has 3 aromatic rings. The third-order valence-corrected chi connectivity index (χ3v) is 3.45. The number of nitrogens with zero attached hydrogens (tertiary/aromatic N) is 4. The molecule has 7 nitrogen and oxygen atoms in total. The van der Waals surface area contributed by atoms with Crippen molar-refractivity contribution in [3.8, 4) is 23.2 Å². The van der Waals surface area contributed by atoms with Crippen LogP contribution in [0, 0.1) is 0 Å². The predicted octanol–water partition coefficient (Wildman–Crippen LogP) is 2.99. The van der Waals surface area contributed by atoms with Crippen LogP contribution in [0.15, 0.2) is 48.5 Å². The minimum atomic E-state index is 0. The number of hydrogen-bond donors (Lipinski definition) is 1. The van der Waals surface area contributed by atoms with Crippen LogP contribution in [-0.4, -0.2) is 33.9 Å². The summed E-state index contributed by atoms with van der Waals surface area (Å²) in [7, 11) is 1.61. The molecule has 132 valence electrons. The summed E-state index contributed by atoms with van der Waals surface area (Å²) in [5, 5.41) is 14.9. The van der Waals surface area contributed by atoms with Crippen LogP contribution in [0.4, 0.5) is 0 Å². The van der Waals surface area contributed by atoms with Gasteiger partial charge in [-0.05, 0) is 46.8 Å². The van der Waals surface area contributed by atoms with Gasteiger partial charge in [0, 0.05) is 6.54 Å². The molecule has 8 heteroatoms. The summed E-state index contributed by atoms with van der Waals surface area (Å²) < 4.78 is 12.8. The second-order valence-corrected chi connectivity index (χ2v) is 5.08. The Balaban J connectivity index is 0.00000225. The highest BCUT2D eigenvalue weighted by Gasteiger charge is 2.14. The Bertz CT molecular complexity index is 795. The number of halogens is 1. The van der Waals surface area contributed by atoms with E-state index in [1.807, 2.05) is 48.5 Å². The molecule has 0 fully saturated rings. The molecule has 0 spiro atoms. The zero-order chi connectivity index (χ0) is 16.8. The SMILES string of the molecule is CCNCc1ccc(Oc2nnnn2-c2ccccc2)c(OC)c1.Cl. The maximum absolute atomic E-state index is 5.87. The minimum absolute atomic E-state index is 0. The standard InChI is InChI=1S/C17H19N5O2.ClH/c1-3-18-12-13-9-10-15(16(11-13)23-2)24-17-19-20-21-22(17)14-7-5-4-6-8-14;/h4-11,18H,3,12H2,1-2H3;1H. The van der Waals surface area contributed by atoms with Gasteiger partial charge in [-0.3, -0.25) is 0 Å². The van der Waals surface area contributed by atoms with E-state index in [1.54, 1.807) is 7.11 Å². The van der Waals surface area contributed by atoms with E-state index in [-0.39, 0.29) is 18.4 Å². The van der Waals surface area contributed by atoms with Crippen LogP contribution < -0.4 is 14.8 Å². The Hall–Kier alpha value is -2.64. The number of nitrogens with one attached hydrogen (secondary N) is 1. The number of tetrazole rings is 1. The van der Waals surface area contributed by atoms with E-state index in [2.05, 4.69) is 27.8 Å². The predicted molar refractivity (Wildman–Crippen MR) is 96.9 cm³/mol. The Kier molecular flexibility index (Phi) is 6.73. The zero-order valence-electron chi connectivity index (χ0n) is 14.0. The summed E-state index contributed by atoms with van der Waals surface area (Å²) in [4.78, 5) is 0. The first-order chi connectivity index (χ1) is 11.8. The van der Waals surface area contributed by atoms with Crippen molar-refractivity contribution >= 4 is 12.4 Å². The van der Waals surface area contributed by atoms with E-state index in [9.17, 15) is 0 Å². The molecule has 25 heavy (non-hydrogen) atoms. The molecule has 0 atom stereocenters. The molecule has 0 aliphatic heterocycles. The van der Waals surface area contributed by atoms with Crippen LogP contribution in [0.25, 0.3) is 5.69 Å². The van der Waals surface area contributed by atoms with E-state index in [4.69, 9.17) is 9.47 Å². The van der Waals surface area contributed by atoms with Crippen molar-refractivity contribution in [3.05, 3.63) is 54.1 Å². The molecule has 0 saturated heterocycles. The Morgan fingerprint density at radius 3 is 2.60 bits per heavy atom. The van der Waals surface area contributed by atoms with Crippen LogP contribution in [0.1, 0.15) is 12.5 Å². The van der Waals surface area contributed by atoms with Crippen molar-refractivity contribution < 1.29 is 9.47 Å². The fourth-order valence-electron chi connectivity index (χ4n) is 2.25. The van der Waals surface area contributed by atoms with Gasteiger partial charge in [0.25, 0.3) is 0 Å². The number of benzene rings is 2. The number of ether oxygens (including phenoxy) is 2. The molecule has 1 aromatic heterocycles. The van der Waals surface area contributed by atoms with E-state index in [1.165, 1.54) is 4.68 Å². The van der Waals surface area contributed by atoms with E-state index in [0.29, 0.717) is 11.5 Å². The molecule has 3 rings (SSSR count). The van der Waals surface area contributed by atoms with Gasteiger partial charge in [0.1, 0.15) is 0 Å². The van der Waals surface area contributed by atoms with Crippen LogP contribution >= 0.6 is 12.4 Å². The highest BCUT2D eigenvalue weighted by Crippen LogP contribution is 2.31. The van der Waals surface area contributed by atoms with Gasteiger partial charge >= 0.3 is 6.01 Å². The molecule has 0 radical (unpaired) electrons. The number of hydrogen-bond acceptors (Lipinski definition) is 6. The number of para-hydroxylation sites is 1.